The van der Waals surface area contributed by atoms with Gasteiger partial charge in [0.25, 0.3) is 5.56 Å². The zero-order chi connectivity index (χ0) is 14.2. The van der Waals surface area contributed by atoms with E-state index in [4.69, 9.17) is 0 Å². The molecule has 9 heteroatoms. The summed E-state index contributed by atoms with van der Waals surface area (Å²) in [7, 11) is 2.80. The Hall–Kier alpha value is -1.90. The zero-order valence-electron chi connectivity index (χ0n) is 10.3. The van der Waals surface area contributed by atoms with Crippen LogP contribution < -0.4 is 11.2 Å². The molecule has 19 heavy (non-hydrogen) atoms. The summed E-state index contributed by atoms with van der Waals surface area (Å²) in [4.78, 5) is 40.7. The molecule has 102 valence electrons. The van der Waals surface area contributed by atoms with Crippen LogP contribution >= 0.6 is 15.9 Å². The Morgan fingerprint density at radius 3 is 2.79 bits per heavy atom. The van der Waals surface area contributed by atoms with Gasteiger partial charge in [-0.2, -0.15) is 0 Å². The first-order chi connectivity index (χ1) is 8.95. The number of aromatic nitrogens is 4. The van der Waals surface area contributed by atoms with E-state index in [0.717, 1.165) is 0 Å². The Labute approximate surface area is 115 Å². The maximum absolute atomic E-state index is 11.8. The van der Waals surface area contributed by atoms with Crippen LogP contribution in [0.4, 0.5) is 0 Å². The molecule has 0 aliphatic carbocycles. The van der Waals surface area contributed by atoms with Crippen LogP contribution in [0.25, 0.3) is 11.2 Å². The van der Waals surface area contributed by atoms with Crippen LogP contribution in [0.15, 0.2) is 14.3 Å². The van der Waals surface area contributed by atoms with E-state index in [9.17, 15) is 14.4 Å². The van der Waals surface area contributed by atoms with Gasteiger partial charge in [-0.3, -0.25) is 19.1 Å². The molecule has 0 unspecified atom stereocenters. The summed E-state index contributed by atoms with van der Waals surface area (Å²) < 4.78 is 7.67. The summed E-state index contributed by atoms with van der Waals surface area (Å²) in [5.41, 5.74) is -0.591. The number of H-pyrrole nitrogens is 1. The van der Waals surface area contributed by atoms with Crippen molar-refractivity contribution in [1.82, 2.24) is 19.1 Å². The number of carbonyl (C=O) groups excluding carboxylic acids is 1. The van der Waals surface area contributed by atoms with Crippen molar-refractivity contribution < 1.29 is 9.53 Å². The fourth-order valence-electron chi connectivity index (χ4n) is 1.72. The number of esters is 1. The molecule has 0 fully saturated rings. The molecule has 2 rings (SSSR count). The standard InChI is InChI=1S/C10H11BrN4O4/c1-14-7-6(8(17)13-10(14)18)15(9(11)12-7)4-3-5(16)19-2/h3-4H2,1-2H3,(H,13,17,18). The number of carbonyl (C=O) groups is 1. The van der Waals surface area contributed by atoms with Crippen molar-refractivity contribution in [3.63, 3.8) is 0 Å². The number of hydrogen-bond acceptors (Lipinski definition) is 5. The third-order valence-electron chi connectivity index (χ3n) is 2.73. The van der Waals surface area contributed by atoms with E-state index in [-0.39, 0.29) is 24.1 Å². The first-order valence-corrected chi connectivity index (χ1v) is 6.17. The highest BCUT2D eigenvalue weighted by Gasteiger charge is 2.16. The van der Waals surface area contributed by atoms with Crippen LogP contribution in [0.3, 0.4) is 0 Å². The second-order valence-electron chi connectivity index (χ2n) is 3.85. The fraction of sp³-hybridized carbons (Fsp3) is 0.400. The minimum atomic E-state index is -0.541. The maximum atomic E-state index is 11.8. The number of fused-ring (bicyclic) bond motifs is 1. The summed E-state index contributed by atoms with van der Waals surface area (Å²) in [6.45, 7) is 0.227. The lowest BCUT2D eigenvalue weighted by molar-refractivity contribution is -0.140. The molecule has 0 radical (unpaired) electrons. The van der Waals surface area contributed by atoms with Crippen molar-refractivity contribution in [2.24, 2.45) is 7.05 Å². The third-order valence-corrected chi connectivity index (χ3v) is 3.33. The van der Waals surface area contributed by atoms with Crippen LogP contribution in [0, 0.1) is 0 Å². The maximum Gasteiger partial charge on any atom is 0.329 e. The van der Waals surface area contributed by atoms with Crippen molar-refractivity contribution in [3.05, 3.63) is 25.6 Å². The van der Waals surface area contributed by atoms with Gasteiger partial charge in [0.05, 0.1) is 13.5 Å². The third kappa shape index (κ3) is 2.33. The fourth-order valence-corrected chi connectivity index (χ4v) is 2.24. The van der Waals surface area contributed by atoms with Gasteiger partial charge in [-0.15, -0.1) is 0 Å². The van der Waals surface area contributed by atoms with Crippen molar-refractivity contribution in [3.8, 4) is 0 Å². The number of imidazole rings is 1. The van der Waals surface area contributed by atoms with Crippen molar-refractivity contribution in [2.45, 2.75) is 13.0 Å². The lowest BCUT2D eigenvalue weighted by Gasteiger charge is -2.04. The molecule has 8 nitrogen and oxygen atoms in total. The molecule has 0 spiro atoms. The molecule has 2 aromatic heterocycles. The van der Waals surface area contributed by atoms with Crippen molar-refractivity contribution >= 4 is 33.1 Å². The Kier molecular flexibility index (Phi) is 3.56. The lowest BCUT2D eigenvalue weighted by atomic mass is 10.4. The predicted octanol–water partition coefficient (Wildman–Crippen LogP) is -0.251. The molecule has 0 aliphatic heterocycles. The number of nitrogens with zero attached hydrogens (tertiary/aromatic N) is 3. The van der Waals surface area contributed by atoms with E-state index in [0.29, 0.717) is 4.73 Å². The minimum absolute atomic E-state index is 0.100. The zero-order valence-corrected chi connectivity index (χ0v) is 11.9. The summed E-state index contributed by atoms with van der Waals surface area (Å²) in [6.07, 6.45) is 0.100. The van der Waals surface area contributed by atoms with Gasteiger partial charge in [-0.1, -0.05) is 0 Å². The molecular formula is C10H11BrN4O4. The van der Waals surface area contributed by atoms with Crippen LogP contribution in [0.1, 0.15) is 6.42 Å². The van der Waals surface area contributed by atoms with E-state index >= 15 is 0 Å². The molecule has 2 heterocycles. The summed E-state index contributed by atoms with van der Waals surface area (Å²) in [5, 5.41) is 0. The summed E-state index contributed by atoms with van der Waals surface area (Å²) >= 11 is 3.21. The van der Waals surface area contributed by atoms with E-state index in [1.54, 1.807) is 0 Å². The van der Waals surface area contributed by atoms with Crippen LogP contribution in [-0.2, 0) is 23.1 Å². The molecule has 2 aromatic rings. The quantitative estimate of drug-likeness (QED) is 0.618. The van der Waals surface area contributed by atoms with Crippen LogP contribution in [0.2, 0.25) is 0 Å². The Balaban J connectivity index is 2.59. The van der Waals surface area contributed by atoms with Gasteiger partial charge in [0.2, 0.25) is 0 Å². The van der Waals surface area contributed by atoms with E-state index in [1.165, 1.54) is 23.3 Å². The van der Waals surface area contributed by atoms with Gasteiger partial charge in [0.15, 0.2) is 15.9 Å². The van der Waals surface area contributed by atoms with Gasteiger partial charge < -0.3 is 9.30 Å². The van der Waals surface area contributed by atoms with Crippen LogP contribution in [-0.4, -0.2) is 32.2 Å². The predicted molar refractivity (Wildman–Crippen MR) is 69.9 cm³/mol. The highest BCUT2D eigenvalue weighted by molar-refractivity contribution is 9.10. The second kappa shape index (κ2) is 5.00. The average molecular weight is 331 g/mol. The van der Waals surface area contributed by atoms with E-state index in [2.05, 4.69) is 30.6 Å². The molecule has 0 atom stereocenters. The van der Waals surface area contributed by atoms with E-state index < -0.39 is 17.2 Å². The SMILES string of the molecule is COC(=O)CCn1c(Br)nc2c1c(=O)[nH]c(=O)n2C. The lowest BCUT2D eigenvalue weighted by Crippen LogP contribution is -2.29. The minimum Gasteiger partial charge on any atom is -0.469 e. The molecule has 0 bridgehead atoms. The molecular weight excluding hydrogens is 320 g/mol. The number of rotatable bonds is 3. The molecule has 0 amide bonds. The first kappa shape index (κ1) is 13.5. The Morgan fingerprint density at radius 1 is 1.47 bits per heavy atom. The number of halogens is 1. The van der Waals surface area contributed by atoms with Crippen molar-refractivity contribution in [2.75, 3.05) is 7.11 Å². The normalized spacial score (nSPS) is 10.9. The van der Waals surface area contributed by atoms with Gasteiger partial charge >= 0.3 is 11.7 Å². The summed E-state index contributed by atoms with van der Waals surface area (Å²) in [6, 6.07) is 0. The second-order valence-corrected chi connectivity index (χ2v) is 4.56. The number of nitrogens with one attached hydrogen (secondary N) is 1. The number of methoxy groups -OCH3 is 1. The largest absolute Gasteiger partial charge is 0.469 e. The first-order valence-electron chi connectivity index (χ1n) is 5.37. The number of hydrogen-bond donors (Lipinski definition) is 1. The molecule has 0 saturated heterocycles. The molecule has 0 aliphatic rings. The monoisotopic (exact) mass is 330 g/mol. The number of ether oxygens (including phenoxy) is 1. The van der Waals surface area contributed by atoms with E-state index in [1.807, 2.05) is 0 Å². The van der Waals surface area contributed by atoms with Gasteiger partial charge in [0, 0.05) is 13.6 Å². The Morgan fingerprint density at radius 2 is 2.16 bits per heavy atom. The van der Waals surface area contributed by atoms with Gasteiger partial charge in [-0.05, 0) is 15.9 Å². The number of aromatic amines is 1. The highest BCUT2D eigenvalue weighted by atomic mass is 79.9. The molecule has 1 N–H and O–H groups in total. The highest BCUT2D eigenvalue weighted by Crippen LogP contribution is 2.16. The Bertz CT molecular complexity index is 757. The topological polar surface area (TPSA) is 99.0 Å². The molecule has 0 aromatic carbocycles. The van der Waals surface area contributed by atoms with Gasteiger partial charge in [0.1, 0.15) is 0 Å². The number of aryl methyl sites for hydroxylation is 2. The smallest absolute Gasteiger partial charge is 0.329 e. The van der Waals surface area contributed by atoms with Gasteiger partial charge in [-0.25, -0.2) is 9.78 Å². The summed E-state index contributed by atoms with van der Waals surface area (Å²) in [5.74, 6) is -0.394. The van der Waals surface area contributed by atoms with Crippen LogP contribution in [0.5, 0.6) is 0 Å². The van der Waals surface area contributed by atoms with Crippen molar-refractivity contribution in [1.29, 1.82) is 0 Å². The average Bonchev–Trinajstić information content (AvgIpc) is 2.71. The molecule has 0 saturated carbocycles.